The third kappa shape index (κ3) is 6.22. The number of hydrazine groups is 1. The van der Waals surface area contributed by atoms with Gasteiger partial charge in [0.2, 0.25) is 0 Å². The molecule has 3 N–H and O–H groups in total. The molecule has 0 radical (unpaired) electrons. The number of carbonyl (C=O) groups excluding carboxylic acids is 2. The van der Waals surface area contributed by atoms with Gasteiger partial charge in [-0.25, -0.2) is 0 Å². The van der Waals surface area contributed by atoms with Crippen molar-refractivity contribution in [1.82, 2.24) is 16.2 Å². The third-order valence-corrected chi connectivity index (χ3v) is 3.58. The van der Waals surface area contributed by atoms with E-state index in [0.717, 1.165) is 0 Å². The highest BCUT2D eigenvalue weighted by molar-refractivity contribution is 7.80. The molecule has 0 aliphatic rings. The molecule has 130 valence electrons. The van der Waals surface area contributed by atoms with E-state index < -0.39 is 11.8 Å². The second kappa shape index (κ2) is 9.22. The molecule has 0 bridgehead atoms. The lowest BCUT2D eigenvalue weighted by molar-refractivity contribution is -0.121. The predicted octanol–water partition coefficient (Wildman–Crippen LogP) is 2.71. The van der Waals surface area contributed by atoms with E-state index in [-0.39, 0.29) is 11.7 Å². The Kier molecular flexibility index (Phi) is 7.00. The lowest BCUT2D eigenvalue weighted by atomic mass is 10.2. The fourth-order valence-electron chi connectivity index (χ4n) is 1.71. The lowest BCUT2D eigenvalue weighted by Gasteiger charge is -2.11. The maximum Gasteiger partial charge on any atom is 0.269 e. The van der Waals surface area contributed by atoms with Crippen molar-refractivity contribution in [2.24, 2.45) is 0 Å². The van der Waals surface area contributed by atoms with Crippen molar-refractivity contribution in [3.05, 3.63) is 64.1 Å². The van der Waals surface area contributed by atoms with Crippen LogP contribution in [0.3, 0.4) is 0 Å². The van der Waals surface area contributed by atoms with Gasteiger partial charge in [0.25, 0.3) is 11.8 Å². The highest BCUT2D eigenvalue weighted by atomic mass is 35.5. The zero-order valence-corrected chi connectivity index (χ0v) is 15.0. The van der Waals surface area contributed by atoms with Crippen molar-refractivity contribution in [3.63, 3.8) is 0 Å². The molecule has 2 amide bonds. The van der Waals surface area contributed by atoms with Crippen LogP contribution in [-0.2, 0) is 4.79 Å². The molecule has 0 fully saturated rings. The van der Waals surface area contributed by atoms with Crippen LogP contribution in [0.25, 0.3) is 0 Å². The first-order valence-corrected chi connectivity index (χ1v) is 8.15. The Morgan fingerprint density at radius 3 is 2.52 bits per heavy atom. The predicted molar refractivity (Wildman–Crippen MR) is 99.7 cm³/mol. The van der Waals surface area contributed by atoms with Crippen molar-refractivity contribution in [3.8, 4) is 5.75 Å². The van der Waals surface area contributed by atoms with Crippen molar-refractivity contribution in [2.45, 2.75) is 0 Å². The Labute approximate surface area is 159 Å². The van der Waals surface area contributed by atoms with Crippen LogP contribution in [0.4, 0.5) is 0 Å². The second-order valence-electron chi connectivity index (χ2n) is 4.69. The van der Waals surface area contributed by atoms with Crippen molar-refractivity contribution >= 4 is 52.3 Å². The molecule has 0 unspecified atom stereocenters. The van der Waals surface area contributed by atoms with Crippen molar-refractivity contribution in [1.29, 1.82) is 0 Å². The van der Waals surface area contributed by atoms with Gasteiger partial charge >= 0.3 is 0 Å². The Hall–Kier alpha value is -2.35. The van der Waals surface area contributed by atoms with Crippen LogP contribution in [0.15, 0.2) is 48.5 Å². The molecule has 2 rings (SSSR count). The van der Waals surface area contributed by atoms with Crippen LogP contribution in [-0.4, -0.2) is 23.5 Å². The largest absolute Gasteiger partial charge is 0.482 e. The minimum absolute atomic E-state index is 0.0804. The topological polar surface area (TPSA) is 79.5 Å². The summed E-state index contributed by atoms with van der Waals surface area (Å²) in [5.74, 6) is -0.576. The maximum absolute atomic E-state index is 11.9. The monoisotopic (exact) mass is 397 g/mol. The number of rotatable bonds is 4. The zero-order chi connectivity index (χ0) is 18.2. The average molecular weight is 398 g/mol. The number of nitrogens with one attached hydrogen (secondary N) is 3. The Bertz CT molecular complexity index is 802. The Morgan fingerprint density at radius 1 is 1.04 bits per heavy atom. The fraction of sp³-hybridized carbons (Fsp3) is 0.0625. The summed E-state index contributed by atoms with van der Waals surface area (Å²) in [5, 5.41) is 3.10. The molecule has 0 saturated heterocycles. The summed E-state index contributed by atoms with van der Waals surface area (Å²) in [5.41, 5.74) is 5.11. The minimum atomic E-state index is -0.505. The Morgan fingerprint density at radius 2 is 1.80 bits per heavy atom. The summed E-state index contributed by atoms with van der Waals surface area (Å²) in [6, 6.07) is 13.1. The molecule has 25 heavy (non-hydrogen) atoms. The molecule has 6 nitrogen and oxygen atoms in total. The van der Waals surface area contributed by atoms with E-state index in [4.69, 9.17) is 40.2 Å². The van der Waals surface area contributed by atoms with E-state index in [1.165, 1.54) is 6.07 Å². The second-order valence-corrected chi connectivity index (χ2v) is 5.94. The number of hydrogen-bond acceptors (Lipinski definition) is 4. The number of ether oxygens (including phenoxy) is 1. The van der Waals surface area contributed by atoms with Crippen LogP contribution in [0.2, 0.25) is 10.0 Å². The summed E-state index contributed by atoms with van der Waals surface area (Å²) in [4.78, 5) is 23.7. The molecule has 0 heterocycles. The van der Waals surface area contributed by atoms with E-state index in [2.05, 4.69) is 16.2 Å². The van der Waals surface area contributed by atoms with Gasteiger partial charge in [0.1, 0.15) is 5.75 Å². The molecular weight excluding hydrogens is 385 g/mol. The smallest absolute Gasteiger partial charge is 0.269 e. The number of thiocarbonyl (C=S) groups is 1. The van der Waals surface area contributed by atoms with Crippen molar-refractivity contribution in [2.75, 3.05) is 6.61 Å². The van der Waals surface area contributed by atoms with Crippen LogP contribution in [0.1, 0.15) is 10.4 Å². The molecule has 0 spiro atoms. The van der Waals surface area contributed by atoms with Gasteiger partial charge in [-0.15, -0.1) is 0 Å². The zero-order valence-electron chi connectivity index (χ0n) is 12.7. The van der Waals surface area contributed by atoms with E-state index in [1.807, 2.05) is 0 Å². The normalized spacial score (nSPS) is 9.84. The number of para-hydroxylation sites is 1. The fourth-order valence-corrected chi connectivity index (χ4v) is 2.26. The Balaban J connectivity index is 1.75. The molecule has 0 atom stereocenters. The molecular formula is C16H13Cl2N3O3S. The summed E-state index contributed by atoms with van der Waals surface area (Å²) in [6.45, 7) is -0.284. The quantitative estimate of drug-likeness (QED) is 0.545. The van der Waals surface area contributed by atoms with Gasteiger partial charge in [-0.1, -0.05) is 41.4 Å². The lowest BCUT2D eigenvalue weighted by Crippen LogP contribution is -2.49. The highest BCUT2D eigenvalue weighted by Gasteiger charge is 2.09. The van der Waals surface area contributed by atoms with E-state index in [0.29, 0.717) is 21.4 Å². The first-order valence-electron chi connectivity index (χ1n) is 6.99. The van der Waals surface area contributed by atoms with Crippen LogP contribution < -0.4 is 20.9 Å². The van der Waals surface area contributed by atoms with Gasteiger partial charge in [0.05, 0.1) is 5.02 Å². The standard InChI is InChI=1S/C16H13Cl2N3O3S/c17-11-5-3-4-10(8-11)15(23)20-21-16(25)19-14(22)9-24-13-7-2-1-6-12(13)18/h1-8H,9H2,(H,20,23)(H2,19,21,22,25). The average Bonchev–Trinajstić information content (AvgIpc) is 2.59. The van der Waals surface area contributed by atoms with Gasteiger partial charge in [0, 0.05) is 10.6 Å². The molecule has 2 aromatic carbocycles. The minimum Gasteiger partial charge on any atom is -0.482 e. The third-order valence-electron chi connectivity index (χ3n) is 2.82. The van der Waals surface area contributed by atoms with Gasteiger partial charge < -0.3 is 4.74 Å². The SMILES string of the molecule is O=C(COc1ccccc1Cl)NC(=S)NNC(=O)c1cccc(Cl)c1. The van der Waals surface area contributed by atoms with Crippen LogP contribution >= 0.6 is 35.4 Å². The van der Waals surface area contributed by atoms with Gasteiger partial charge in [-0.2, -0.15) is 0 Å². The van der Waals surface area contributed by atoms with E-state index >= 15 is 0 Å². The highest BCUT2D eigenvalue weighted by Crippen LogP contribution is 2.22. The van der Waals surface area contributed by atoms with Gasteiger partial charge in [0.15, 0.2) is 11.7 Å². The number of halogens is 2. The van der Waals surface area contributed by atoms with Gasteiger partial charge in [-0.3, -0.25) is 25.8 Å². The number of carbonyl (C=O) groups is 2. The summed E-state index contributed by atoms with van der Waals surface area (Å²) >= 11 is 16.6. The first-order chi connectivity index (χ1) is 12.0. The molecule has 2 aromatic rings. The summed E-state index contributed by atoms with van der Waals surface area (Å²) in [6.07, 6.45) is 0. The van der Waals surface area contributed by atoms with Crippen LogP contribution in [0, 0.1) is 0 Å². The number of benzene rings is 2. The number of hydrogen-bond donors (Lipinski definition) is 3. The molecule has 0 aliphatic carbocycles. The molecule has 0 saturated carbocycles. The van der Waals surface area contributed by atoms with Crippen molar-refractivity contribution < 1.29 is 14.3 Å². The number of amides is 2. The van der Waals surface area contributed by atoms with E-state index in [9.17, 15) is 9.59 Å². The molecule has 0 aliphatic heterocycles. The van der Waals surface area contributed by atoms with Gasteiger partial charge in [-0.05, 0) is 42.5 Å². The van der Waals surface area contributed by atoms with E-state index in [1.54, 1.807) is 42.5 Å². The summed E-state index contributed by atoms with van der Waals surface area (Å²) < 4.78 is 5.27. The van der Waals surface area contributed by atoms with Crippen LogP contribution in [0.5, 0.6) is 5.75 Å². The first kappa shape index (κ1) is 19.0. The molecule has 9 heteroatoms. The maximum atomic E-state index is 11.9. The summed E-state index contributed by atoms with van der Waals surface area (Å²) in [7, 11) is 0. The molecule has 0 aromatic heterocycles.